The Morgan fingerprint density at radius 1 is 0.719 bits per heavy atom. The first-order valence-electron chi connectivity index (χ1n) is 20.7. The number of primary amides is 2. The summed E-state index contributed by atoms with van der Waals surface area (Å²) < 4.78 is 55.8. The lowest BCUT2D eigenvalue weighted by molar-refractivity contribution is -0.190. The van der Waals surface area contributed by atoms with Crippen LogP contribution >= 0.6 is 37.6 Å². The van der Waals surface area contributed by atoms with Crippen LogP contribution < -0.4 is 22.9 Å². The van der Waals surface area contributed by atoms with E-state index < -0.39 is 87.2 Å². The van der Waals surface area contributed by atoms with E-state index in [-0.39, 0.29) is 41.8 Å². The molecule has 64 heavy (non-hydrogen) atoms. The van der Waals surface area contributed by atoms with Crippen LogP contribution in [-0.4, -0.2) is 137 Å². The average molecular weight is 1010 g/mol. The average Bonchev–Trinajstić information content (AvgIpc) is 4.03. The fourth-order valence-corrected chi connectivity index (χ4v) is 9.90. The molecule has 9 unspecified atom stereocenters. The van der Waals surface area contributed by atoms with Crippen molar-refractivity contribution in [3.05, 3.63) is 31.6 Å². The van der Waals surface area contributed by atoms with Gasteiger partial charge in [-0.25, -0.2) is 0 Å². The summed E-state index contributed by atoms with van der Waals surface area (Å²) in [5.74, 6) is -2.92. The second-order valence-corrected chi connectivity index (χ2v) is 20.6. The zero-order valence-corrected chi connectivity index (χ0v) is 41.8. The highest BCUT2D eigenvalue weighted by molar-refractivity contribution is 8.06. The molecule has 6 heterocycles. The number of carbonyl (C=O) groups is 2. The molecule has 6 rings (SSSR count). The zero-order chi connectivity index (χ0) is 47.6. The van der Waals surface area contributed by atoms with Crippen LogP contribution in [0.5, 0.6) is 0 Å². The highest BCUT2D eigenvalue weighted by atomic mass is 32.5. The van der Waals surface area contributed by atoms with Gasteiger partial charge in [-0.05, 0) is 89.5 Å². The first-order valence-corrected chi connectivity index (χ1v) is 26.2. The summed E-state index contributed by atoms with van der Waals surface area (Å²) >= 11 is 6.72. The predicted molar refractivity (Wildman–Crippen MR) is 251 cm³/mol. The molecule has 20 nitrogen and oxygen atoms in total. The van der Waals surface area contributed by atoms with Crippen LogP contribution in [0.2, 0.25) is 0 Å². The molecule has 0 radical (unpaired) electrons. The Morgan fingerprint density at radius 2 is 1.05 bits per heavy atom. The Morgan fingerprint density at radius 3 is 1.31 bits per heavy atom. The molecule has 0 bridgehead atoms. The highest BCUT2D eigenvalue weighted by Gasteiger charge is 2.58. The largest absolute Gasteiger partial charge is 0.694 e. The maximum Gasteiger partial charge on any atom is 0.694 e. The lowest BCUT2D eigenvalue weighted by Gasteiger charge is -2.24. The van der Waals surface area contributed by atoms with E-state index in [4.69, 9.17) is 65.3 Å². The lowest BCUT2D eigenvalue weighted by Crippen LogP contribution is -2.32. The second kappa shape index (κ2) is 25.5. The summed E-state index contributed by atoms with van der Waals surface area (Å²) in [5.41, 5.74) is 24.3. The van der Waals surface area contributed by atoms with Crippen LogP contribution in [0.4, 0.5) is 11.4 Å². The van der Waals surface area contributed by atoms with Crippen molar-refractivity contribution in [1.29, 1.82) is 0 Å². The molecule has 2 aromatic rings. The van der Waals surface area contributed by atoms with Crippen molar-refractivity contribution in [3.63, 3.8) is 0 Å². The molecular formula is C39H71N6O14P2S3+. The number of thiophene rings is 2. The maximum atomic E-state index is 11.4. The van der Waals surface area contributed by atoms with E-state index in [1.165, 1.54) is 39.3 Å². The van der Waals surface area contributed by atoms with Crippen LogP contribution in [0, 0.1) is 0 Å². The number of nitrogen functional groups attached to an aromatic ring is 2. The summed E-state index contributed by atoms with van der Waals surface area (Å²) in [6.45, 7) is 23.2. The molecule has 4 aliphatic heterocycles. The number of hydrogen-bond acceptors (Lipinski definition) is 18. The van der Waals surface area contributed by atoms with Gasteiger partial charge in [0.05, 0.1) is 18.0 Å². The number of hydrogen-bond donors (Lipinski definition) is 7. The first kappa shape index (κ1) is 58.3. The minimum atomic E-state index is -3.82. The van der Waals surface area contributed by atoms with Crippen molar-refractivity contribution in [3.8, 4) is 0 Å². The molecule has 2 amide bonds. The third-order valence-corrected chi connectivity index (χ3v) is 13.7. The minimum absolute atomic E-state index is 0. The van der Waals surface area contributed by atoms with Crippen LogP contribution in [0.15, 0.2) is 10.8 Å². The fraction of sp³-hybridized carbons (Fsp3) is 0.744. The van der Waals surface area contributed by atoms with Crippen molar-refractivity contribution in [2.24, 2.45) is 11.5 Å². The molecule has 0 spiro atoms. The molecule has 0 aromatic carbocycles. The van der Waals surface area contributed by atoms with E-state index in [9.17, 15) is 23.9 Å². The normalized spacial score (nSPS) is 26.4. The van der Waals surface area contributed by atoms with Crippen LogP contribution in [0.1, 0.15) is 119 Å². The number of carbonyl (C=O) groups excluding carboxylic acids is 2. The number of fused-ring (bicyclic) bond motifs is 2. The summed E-state index contributed by atoms with van der Waals surface area (Å²) in [6, 6.07) is 0. The van der Waals surface area contributed by atoms with Crippen molar-refractivity contribution < 1.29 is 66.3 Å². The van der Waals surface area contributed by atoms with Gasteiger partial charge in [-0.2, -0.15) is 0 Å². The van der Waals surface area contributed by atoms with E-state index in [1.54, 1.807) is 38.5 Å². The van der Waals surface area contributed by atoms with Crippen LogP contribution in [0.25, 0.3) is 0 Å². The van der Waals surface area contributed by atoms with Gasteiger partial charge in [-0.15, -0.1) is 32.1 Å². The monoisotopic (exact) mass is 1010 g/mol. The van der Waals surface area contributed by atoms with Crippen LogP contribution in [0.3, 0.4) is 0 Å². The molecule has 4 aliphatic rings. The standard InChI is InChI=1S/C13H19N2O7PS2.C13H17N2O7PS.2C6H15N.CH4/c1-13(2)21-9-6(3-19-23(17,18)24)20-8(10(9)22-13)5-4-25-11(7(5)14)12(15)16;1-13(2)21-9-6(3-19-23(17)18)20-8(10(9)22-13)5-4-24-11(7(5)14)12(15)16;2*1-4-7(5-2)6-3;/h4,6,8-10H,3,14H2,1-2H3,(H2,15,16)(H2,17,18,24);4,6,8-10H,3H2,1-2H3,(H4-,14,15,16,17,18);2*4-6H2,1-3H3;1H4/p+1. The van der Waals surface area contributed by atoms with Gasteiger partial charge in [0, 0.05) is 15.7 Å². The number of anilines is 2. The molecule has 11 N–H and O–H groups in total. The Labute approximate surface area is 391 Å². The van der Waals surface area contributed by atoms with Gasteiger partial charge >= 0.3 is 15.0 Å². The van der Waals surface area contributed by atoms with Gasteiger partial charge in [-0.1, -0.05) is 49.0 Å². The molecule has 25 heteroatoms. The Bertz CT molecular complexity index is 1840. The molecule has 368 valence electrons. The summed E-state index contributed by atoms with van der Waals surface area (Å²) in [6.07, 6.45) is -4.45. The summed E-state index contributed by atoms with van der Waals surface area (Å²) in [7, 11) is -2.75. The molecule has 4 saturated heterocycles. The number of nitrogens with zero attached hydrogens (tertiary/aromatic N) is 2. The summed E-state index contributed by atoms with van der Waals surface area (Å²) in [4.78, 5) is 55.5. The Kier molecular flexibility index (Phi) is 23.2. The fourth-order valence-electron chi connectivity index (χ4n) is 7.37. The molecule has 9 atom stereocenters. The van der Waals surface area contributed by atoms with Crippen molar-refractivity contribution in [1.82, 2.24) is 9.80 Å². The molecule has 0 saturated carbocycles. The van der Waals surface area contributed by atoms with E-state index >= 15 is 0 Å². The van der Waals surface area contributed by atoms with Gasteiger partial charge in [0.25, 0.3) is 11.8 Å². The number of rotatable bonds is 16. The third kappa shape index (κ3) is 15.9. The van der Waals surface area contributed by atoms with E-state index in [2.05, 4.69) is 63.1 Å². The van der Waals surface area contributed by atoms with Crippen molar-refractivity contribution in [2.45, 2.75) is 137 Å². The van der Waals surface area contributed by atoms with Gasteiger partial charge in [0.15, 0.2) is 11.6 Å². The Balaban J connectivity index is 0.000000336. The van der Waals surface area contributed by atoms with Gasteiger partial charge in [0.2, 0.25) is 0 Å². The zero-order valence-electron chi connectivity index (χ0n) is 37.6. The molecule has 0 aliphatic carbocycles. The smallest absolute Gasteiger partial charge is 0.397 e. The van der Waals surface area contributed by atoms with E-state index in [1.807, 2.05) is 0 Å². The van der Waals surface area contributed by atoms with Gasteiger partial charge in [0.1, 0.15) is 65.2 Å². The topological polar surface area (TPSA) is 296 Å². The number of amides is 2. The SMILES string of the molecule is C.CC1(C)OC2C(COP(O)(O)=S)OC(c3csc(C(N)=O)c3N)C2O1.CC1(C)OC2C(CO[P+](=O)O)OC(c3csc(C(N)=O)c3N)C2O1.CCN(CC)CC.CCN(CC)CC. The minimum Gasteiger partial charge on any atom is -0.397 e. The first-order chi connectivity index (χ1) is 29.4. The van der Waals surface area contributed by atoms with Crippen molar-refractivity contribution in [2.75, 3.05) is 63.9 Å². The summed E-state index contributed by atoms with van der Waals surface area (Å²) in [5, 5.41) is 3.39. The predicted octanol–water partition coefficient (Wildman–Crippen LogP) is 5.00. The number of ether oxygens (including phenoxy) is 6. The molecular weight excluding hydrogens is 935 g/mol. The lowest BCUT2D eigenvalue weighted by atomic mass is 10.0. The van der Waals surface area contributed by atoms with Crippen molar-refractivity contribution >= 4 is 72.6 Å². The molecule has 2 aromatic heterocycles. The van der Waals surface area contributed by atoms with E-state index in [0.29, 0.717) is 11.1 Å². The second-order valence-electron chi connectivity index (χ2n) is 15.5. The van der Waals surface area contributed by atoms with E-state index in [0.717, 1.165) is 22.7 Å². The van der Waals surface area contributed by atoms with Gasteiger partial charge in [-0.3, -0.25) is 9.59 Å². The Hall–Kier alpha value is -1.83. The molecule has 4 fully saturated rings. The quantitative estimate of drug-likeness (QED) is 0.109. The highest BCUT2D eigenvalue weighted by Crippen LogP contribution is 2.50. The maximum absolute atomic E-state index is 11.4. The van der Waals surface area contributed by atoms with Crippen LogP contribution in [-0.2, 0) is 53.8 Å². The number of nitrogens with two attached hydrogens (primary N) is 4. The van der Waals surface area contributed by atoms with Gasteiger partial charge < -0.3 is 75.5 Å². The third-order valence-electron chi connectivity index (χ3n) is 10.5.